The summed E-state index contributed by atoms with van der Waals surface area (Å²) in [5.41, 5.74) is 2.78. The van der Waals surface area contributed by atoms with Crippen LogP contribution in [0.25, 0.3) is 11.5 Å². The number of piperidine rings is 1. The zero-order valence-electron chi connectivity index (χ0n) is 19.6. The standard InChI is InChI=1S/C23H26N4O6S2/c1-15-8-9-16(2)18(14-15)22-25-26-23(33-22)24-21(28)17-10-12-27(13-11-17)35(31,32)20-7-5-4-6-19(20)34(3,29)30/h4-9,14,17H,10-13H2,1-3H3,(H,24,26,28). The van der Waals surface area contributed by atoms with Crippen molar-refractivity contribution in [2.45, 2.75) is 36.5 Å². The molecule has 0 atom stereocenters. The fourth-order valence-electron chi connectivity index (χ4n) is 4.02. The van der Waals surface area contributed by atoms with E-state index in [9.17, 15) is 21.6 Å². The van der Waals surface area contributed by atoms with Crippen LogP contribution in [0, 0.1) is 19.8 Å². The number of aromatic nitrogens is 2. The molecular weight excluding hydrogens is 492 g/mol. The van der Waals surface area contributed by atoms with Crippen LogP contribution in [0.1, 0.15) is 24.0 Å². The van der Waals surface area contributed by atoms with Gasteiger partial charge in [-0.3, -0.25) is 10.1 Å². The maximum Gasteiger partial charge on any atom is 0.322 e. The van der Waals surface area contributed by atoms with E-state index >= 15 is 0 Å². The van der Waals surface area contributed by atoms with Crippen molar-refractivity contribution < 1.29 is 26.0 Å². The Morgan fingerprint density at radius 2 is 1.66 bits per heavy atom. The van der Waals surface area contributed by atoms with E-state index in [4.69, 9.17) is 4.42 Å². The normalized spacial score (nSPS) is 15.7. The van der Waals surface area contributed by atoms with Crippen LogP contribution < -0.4 is 5.32 Å². The zero-order valence-corrected chi connectivity index (χ0v) is 21.2. The molecule has 4 rings (SSSR count). The van der Waals surface area contributed by atoms with Crippen molar-refractivity contribution in [3.8, 4) is 11.5 Å². The van der Waals surface area contributed by atoms with Crippen LogP contribution in [0.2, 0.25) is 0 Å². The topological polar surface area (TPSA) is 140 Å². The molecule has 0 bridgehead atoms. The maximum absolute atomic E-state index is 13.1. The van der Waals surface area contributed by atoms with Gasteiger partial charge in [0, 0.05) is 30.8 Å². The number of benzene rings is 2. The molecule has 2 heterocycles. The highest BCUT2D eigenvalue weighted by Gasteiger charge is 2.35. The van der Waals surface area contributed by atoms with Gasteiger partial charge in [0.25, 0.3) is 0 Å². The van der Waals surface area contributed by atoms with E-state index in [1.54, 1.807) is 0 Å². The van der Waals surface area contributed by atoms with Crippen LogP contribution in [0.5, 0.6) is 0 Å². The summed E-state index contributed by atoms with van der Waals surface area (Å²) in [5, 5.41) is 10.6. The predicted octanol–water partition coefficient (Wildman–Crippen LogP) is 2.80. The Kier molecular flexibility index (Phi) is 6.80. The van der Waals surface area contributed by atoms with Crippen LogP contribution >= 0.6 is 0 Å². The number of hydrogen-bond donors (Lipinski definition) is 1. The van der Waals surface area contributed by atoms with E-state index in [0.717, 1.165) is 22.9 Å². The molecule has 12 heteroatoms. The van der Waals surface area contributed by atoms with Crippen LogP contribution in [0.4, 0.5) is 6.01 Å². The van der Waals surface area contributed by atoms with E-state index < -0.39 is 25.8 Å². The number of carbonyl (C=O) groups excluding carboxylic acids is 1. The zero-order chi connectivity index (χ0) is 25.4. The van der Waals surface area contributed by atoms with Gasteiger partial charge in [0.1, 0.15) is 4.90 Å². The molecule has 0 unspecified atom stereocenters. The van der Waals surface area contributed by atoms with Gasteiger partial charge >= 0.3 is 6.01 Å². The van der Waals surface area contributed by atoms with Gasteiger partial charge in [-0.2, -0.15) is 4.31 Å². The number of sulfone groups is 1. The number of amides is 1. The van der Waals surface area contributed by atoms with Crippen molar-refractivity contribution >= 4 is 31.8 Å². The number of rotatable bonds is 6. The van der Waals surface area contributed by atoms with Crippen molar-refractivity contribution in [2.24, 2.45) is 5.92 Å². The highest BCUT2D eigenvalue weighted by atomic mass is 32.2. The summed E-state index contributed by atoms with van der Waals surface area (Å²) in [6, 6.07) is 11.4. The molecule has 0 spiro atoms. The van der Waals surface area contributed by atoms with Gasteiger partial charge in [0.15, 0.2) is 9.84 Å². The molecule has 0 aliphatic carbocycles. The van der Waals surface area contributed by atoms with Crippen LogP contribution in [0.15, 0.2) is 56.7 Å². The number of sulfonamides is 1. The fourth-order valence-corrected chi connectivity index (χ4v) is 7.10. The molecule has 2 aromatic carbocycles. The first-order chi connectivity index (χ1) is 16.5. The molecule has 1 aromatic heterocycles. The van der Waals surface area contributed by atoms with Crippen LogP contribution in [-0.4, -0.2) is 56.6 Å². The minimum atomic E-state index is -4.04. The van der Waals surface area contributed by atoms with E-state index in [0.29, 0.717) is 5.89 Å². The lowest BCUT2D eigenvalue weighted by Crippen LogP contribution is -2.41. The van der Waals surface area contributed by atoms with E-state index in [-0.39, 0.29) is 47.6 Å². The molecule has 1 fully saturated rings. The number of nitrogens with zero attached hydrogens (tertiary/aromatic N) is 3. The number of nitrogens with one attached hydrogen (secondary N) is 1. The van der Waals surface area contributed by atoms with Gasteiger partial charge in [-0.05, 0) is 50.5 Å². The first kappa shape index (κ1) is 25.0. The summed E-state index contributed by atoms with van der Waals surface area (Å²) in [6.45, 7) is 4.04. The summed E-state index contributed by atoms with van der Waals surface area (Å²) in [6.07, 6.45) is 1.51. The average Bonchev–Trinajstić information content (AvgIpc) is 3.28. The molecule has 0 radical (unpaired) electrons. The number of hydrogen-bond acceptors (Lipinski definition) is 8. The molecule has 1 aliphatic heterocycles. The average molecular weight is 519 g/mol. The van der Waals surface area contributed by atoms with E-state index in [2.05, 4.69) is 15.5 Å². The molecule has 1 N–H and O–H groups in total. The summed E-state index contributed by atoms with van der Waals surface area (Å²) >= 11 is 0. The van der Waals surface area contributed by atoms with Crippen molar-refractivity contribution in [1.29, 1.82) is 0 Å². The van der Waals surface area contributed by atoms with Crippen molar-refractivity contribution in [3.63, 3.8) is 0 Å². The number of anilines is 1. The predicted molar refractivity (Wildman–Crippen MR) is 129 cm³/mol. The Morgan fingerprint density at radius 1 is 1.00 bits per heavy atom. The molecule has 1 saturated heterocycles. The Labute approximate surface area is 204 Å². The quantitative estimate of drug-likeness (QED) is 0.525. The van der Waals surface area contributed by atoms with Crippen molar-refractivity contribution in [2.75, 3.05) is 24.7 Å². The first-order valence-electron chi connectivity index (χ1n) is 11.0. The molecule has 0 saturated carbocycles. The molecule has 186 valence electrons. The Balaban J connectivity index is 1.42. The van der Waals surface area contributed by atoms with Gasteiger partial charge in [-0.25, -0.2) is 16.8 Å². The smallest absolute Gasteiger partial charge is 0.322 e. The molecular formula is C23H26N4O6S2. The van der Waals surface area contributed by atoms with E-state index in [1.165, 1.54) is 28.6 Å². The number of aryl methyl sites for hydroxylation is 2. The number of carbonyl (C=O) groups is 1. The third-order valence-corrected chi connectivity index (χ3v) is 9.21. The second kappa shape index (κ2) is 9.51. The SMILES string of the molecule is Cc1ccc(C)c(-c2nnc(NC(=O)C3CCN(S(=O)(=O)c4ccccc4S(C)(=O)=O)CC3)o2)c1. The summed E-state index contributed by atoms with van der Waals surface area (Å²) in [5.74, 6) is -0.496. The summed E-state index contributed by atoms with van der Waals surface area (Å²) in [4.78, 5) is 12.3. The molecule has 1 aliphatic rings. The summed E-state index contributed by atoms with van der Waals surface area (Å²) < 4.78 is 57.3. The molecule has 3 aromatic rings. The third-order valence-electron chi connectivity index (χ3n) is 5.97. The lowest BCUT2D eigenvalue weighted by atomic mass is 9.97. The minimum absolute atomic E-state index is 0.0250. The van der Waals surface area contributed by atoms with Gasteiger partial charge in [0.05, 0.1) is 4.90 Å². The molecule has 35 heavy (non-hydrogen) atoms. The fraction of sp³-hybridized carbons (Fsp3) is 0.348. The summed E-state index contributed by atoms with van der Waals surface area (Å²) in [7, 11) is -7.77. The Morgan fingerprint density at radius 3 is 2.31 bits per heavy atom. The Hall–Kier alpha value is -3.09. The van der Waals surface area contributed by atoms with Gasteiger partial charge in [-0.1, -0.05) is 34.9 Å². The van der Waals surface area contributed by atoms with E-state index in [1.807, 2.05) is 32.0 Å². The van der Waals surface area contributed by atoms with Gasteiger partial charge < -0.3 is 4.42 Å². The van der Waals surface area contributed by atoms with Gasteiger partial charge in [0.2, 0.25) is 21.8 Å². The Bertz CT molecular complexity index is 1470. The van der Waals surface area contributed by atoms with Gasteiger partial charge in [-0.15, -0.1) is 5.10 Å². The largest absolute Gasteiger partial charge is 0.403 e. The van der Waals surface area contributed by atoms with Crippen LogP contribution in [-0.2, 0) is 24.7 Å². The lowest BCUT2D eigenvalue weighted by molar-refractivity contribution is -0.121. The second-order valence-corrected chi connectivity index (χ2v) is 12.5. The second-order valence-electron chi connectivity index (χ2n) is 8.62. The minimum Gasteiger partial charge on any atom is -0.403 e. The van der Waals surface area contributed by atoms with Crippen molar-refractivity contribution in [1.82, 2.24) is 14.5 Å². The third kappa shape index (κ3) is 5.29. The van der Waals surface area contributed by atoms with Crippen molar-refractivity contribution in [3.05, 3.63) is 53.6 Å². The maximum atomic E-state index is 13.1. The molecule has 10 nitrogen and oxygen atoms in total. The monoisotopic (exact) mass is 518 g/mol. The lowest BCUT2D eigenvalue weighted by Gasteiger charge is -2.30. The van der Waals surface area contributed by atoms with Crippen LogP contribution in [0.3, 0.4) is 0 Å². The molecule has 1 amide bonds. The first-order valence-corrected chi connectivity index (χ1v) is 14.3. The highest BCUT2D eigenvalue weighted by Crippen LogP contribution is 2.29. The highest BCUT2D eigenvalue weighted by molar-refractivity contribution is 7.93.